The van der Waals surface area contributed by atoms with Gasteiger partial charge < -0.3 is 0 Å². The van der Waals surface area contributed by atoms with Gasteiger partial charge >= 0.3 is 0 Å². The summed E-state index contributed by atoms with van der Waals surface area (Å²) in [5.74, 6) is 5.13. The molecule has 0 bridgehead atoms. The van der Waals surface area contributed by atoms with Gasteiger partial charge in [-0.05, 0) is 40.5 Å². The summed E-state index contributed by atoms with van der Waals surface area (Å²) >= 11 is 0. The molecule has 0 aliphatic carbocycles. The zero-order valence-corrected chi connectivity index (χ0v) is 10.9. The van der Waals surface area contributed by atoms with E-state index in [0.29, 0.717) is 12.1 Å². The second-order valence-electron chi connectivity index (χ2n) is 5.66. The molecule has 0 radical (unpaired) electrons. The zero-order valence-electron chi connectivity index (χ0n) is 10.9. The third-order valence-electron chi connectivity index (χ3n) is 3.70. The van der Waals surface area contributed by atoms with Crippen molar-refractivity contribution >= 4 is 5.91 Å². The highest BCUT2D eigenvalue weighted by Crippen LogP contribution is 2.27. The van der Waals surface area contributed by atoms with Crippen LogP contribution in [0.25, 0.3) is 0 Å². The van der Waals surface area contributed by atoms with Gasteiger partial charge in [0.15, 0.2) is 0 Å². The van der Waals surface area contributed by atoms with Gasteiger partial charge in [0.1, 0.15) is 0 Å². The average molecular weight is 227 g/mol. The Balaban J connectivity index is 2.67. The molecule has 1 heterocycles. The lowest BCUT2D eigenvalue weighted by atomic mass is 9.88. The number of piperidine rings is 1. The minimum atomic E-state index is -0.422. The highest BCUT2D eigenvalue weighted by Gasteiger charge is 2.34. The maximum Gasteiger partial charge on any atom is 0.240 e. The maximum atomic E-state index is 11.7. The Morgan fingerprint density at radius 3 is 2.31 bits per heavy atom. The smallest absolute Gasteiger partial charge is 0.240 e. The first-order chi connectivity index (χ1) is 7.38. The Hall–Kier alpha value is -0.610. The Bertz CT molecular complexity index is 243. The highest BCUT2D eigenvalue weighted by molar-refractivity contribution is 5.81. The molecule has 0 saturated carbocycles. The van der Waals surface area contributed by atoms with Crippen molar-refractivity contribution in [2.75, 3.05) is 6.54 Å². The molecule has 4 nitrogen and oxygen atoms in total. The van der Waals surface area contributed by atoms with E-state index in [9.17, 15) is 4.79 Å². The van der Waals surface area contributed by atoms with E-state index in [2.05, 4.69) is 24.2 Å². The standard InChI is InChI=1S/C12H25N3O/c1-9-6-5-7-10(2)15(9)8-12(3,4)11(16)14-13/h9-10H,5-8,13H2,1-4H3,(H,14,16). The normalized spacial score (nSPS) is 27.8. The Morgan fingerprint density at radius 2 is 1.88 bits per heavy atom. The molecule has 1 rings (SSSR count). The van der Waals surface area contributed by atoms with E-state index in [1.807, 2.05) is 13.8 Å². The third kappa shape index (κ3) is 2.95. The molecule has 0 aromatic rings. The van der Waals surface area contributed by atoms with E-state index in [-0.39, 0.29) is 5.91 Å². The fourth-order valence-electron chi connectivity index (χ4n) is 2.51. The van der Waals surface area contributed by atoms with Crippen LogP contribution in [0.2, 0.25) is 0 Å². The number of nitrogens with one attached hydrogen (secondary N) is 1. The summed E-state index contributed by atoms with van der Waals surface area (Å²) in [6.45, 7) is 9.16. The van der Waals surface area contributed by atoms with Gasteiger partial charge in [-0.25, -0.2) is 5.84 Å². The van der Waals surface area contributed by atoms with Gasteiger partial charge in [-0.3, -0.25) is 15.1 Å². The second-order valence-corrected chi connectivity index (χ2v) is 5.66. The number of rotatable bonds is 3. The van der Waals surface area contributed by atoms with Crippen molar-refractivity contribution < 1.29 is 4.79 Å². The molecule has 1 saturated heterocycles. The molecule has 16 heavy (non-hydrogen) atoms. The highest BCUT2D eigenvalue weighted by atomic mass is 16.2. The molecule has 0 aromatic carbocycles. The van der Waals surface area contributed by atoms with E-state index in [1.165, 1.54) is 19.3 Å². The fourth-order valence-corrected chi connectivity index (χ4v) is 2.51. The molecule has 1 aliphatic rings. The number of hydrogen-bond acceptors (Lipinski definition) is 3. The molecular formula is C12H25N3O. The summed E-state index contributed by atoms with van der Waals surface area (Å²) in [4.78, 5) is 14.1. The van der Waals surface area contributed by atoms with E-state index < -0.39 is 5.41 Å². The summed E-state index contributed by atoms with van der Waals surface area (Å²) in [6, 6.07) is 1.13. The lowest BCUT2D eigenvalue weighted by Gasteiger charge is -2.42. The predicted octanol–water partition coefficient (Wildman–Crippen LogP) is 1.27. The van der Waals surface area contributed by atoms with E-state index in [1.54, 1.807) is 0 Å². The van der Waals surface area contributed by atoms with Gasteiger partial charge in [-0.1, -0.05) is 6.42 Å². The van der Waals surface area contributed by atoms with Crippen LogP contribution in [0, 0.1) is 5.41 Å². The van der Waals surface area contributed by atoms with Gasteiger partial charge in [-0.15, -0.1) is 0 Å². The molecule has 94 valence electrons. The largest absolute Gasteiger partial charge is 0.297 e. The molecule has 2 atom stereocenters. The lowest BCUT2D eigenvalue weighted by molar-refractivity contribution is -0.131. The fraction of sp³-hybridized carbons (Fsp3) is 0.917. The van der Waals surface area contributed by atoms with Crippen LogP contribution in [0.3, 0.4) is 0 Å². The zero-order chi connectivity index (χ0) is 12.3. The first-order valence-electron chi connectivity index (χ1n) is 6.15. The summed E-state index contributed by atoms with van der Waals surface area (Å²) in [5.41, 5.74) is 1.84. The molecule has 1 amide bonds. The van der Waals surface area contributed by atoms with Crippen LogP contribution in [-0.4, -0.2) is 29.4 Å². The molecule has 0 spiro atoms. The average Bonchev–Trinajstić information content (AvgIpc) is 2.22. The first kappa shape index (κ1) is 13.5. The van der Waals surface area contributed by atoms with Gasteiger partial charge in [0.05, 0.1) is 5.41 Å². The molecule has 2 unspecified atom stereocenters. The predicted molar refractivity (Wildman–Crippen MR) is 65.6 cm³/mol. The van der Waals surface area contributed by atoms with Crippen molar-refractivity contribution in [1.29, 1.82) is 0 Å². The number of carbonyl (C=O) groups excluding carboxylic acids is 1. The topological polar surface area (TPSA) is 58.4 Å². The summed E-state index contributed by atoms with van der Waals surface area (Å²) in [6.07, 6.45) is 3.75. The monoisotopic (exact) mass is 227 g/mol. The summed E-state index contributed by atoms with van der Waals surface area (Å²) < 4.78 is 0. The molecule has 0 aromatic heterocycles. The van der Waals surface area contributed by atoms with Crippen molar-refractivity contribution in [1.82, 2.24) is 10.3 Å². The van der Waals surface area contributed by atoms with Crippen molar-refractivity contribution in [3.8, 4) is 0 Å². The second kappa shape index (κ2) is 5.15. The summed E-state index contributed by atoms with van der Waals surface area (Å²) in [5, 5.41) is 0. The van der Waals surface area contributed by atoms with Gasteiger partial charge in [0, 0.05) is 18.6 Å². The van der Waals surface area contributed by atoms with Crippen LogP contribution in [0.15, 0.2) is 0 Å². The van der Waals surface area contributed by atoms with Gasteiger partial charge in [0.25, 0.3) is 0 Å². The molecular weight excluding hydrogens is 202 g/mol. The van der Waals surface area contributed by atoms with Crippen LogP contribution in [0.5, 0.6) is 0 Å². The number of hydrogen-bond donors (Lipinski definition) is 2. The van der Waals surface area contributed by atoms with Crippen LogP contribution in [0.4, 0.5) is 0 Å². The number of nitrogens with two attached hydrogens (primary N) is 1. The Labute approximate surface area is 98.5 Å². The molecule has 4 heteroatoms. The van der Waals surface area contributed by atoms with E-state index in [4.69, 9.17) is 5.84 Å². The molecule has 1 aliphatic heterocycles. The van der Waals surface area contributed by atoms with Crippen LogP contribution in [-0.2, 0) is 4.79 Å². The SMILES string of the molecule is CC1CCCC(C)N1CC(C)(C)C(=O)NN. The van der Waals surface area contributed by atoms with Crippen molar-refractivity contribution in [2.24, 2.45) is 11.3 Å². The minimum Gasteiger partial charge on any atom is -0.297 e. The number of amides is 1. The van der Waals surface area contributed by atoms with Gasteiger partial charge in [-0.2, -0.15) is 0 Å². The number of likely N-dealkylation sites (tertiary alicyclic amines) is 1. The van der Waals surface area contributed by atoms with Crippen LogP contribution < -0.4 is 11.3 Å². The molecule has 3 N–H and O–H groups in total. The minimum absolute atomic E-state index is 0.0857. The third-order valence-corrected chi connectivity index (χ3v) is 3.70. The van der Waals surface area contributed by atoms with Crippen LogP contribution >= 0.6 is 0 Å². The Kier molecular flexibility index (Phi) is 4.33. The summed E-state index contributed by atoms with van der Waals surface area (Å²) in [7, 11) is 0. The quantitative estimate of drug-likeness (QED) is 0.433. The number of carbonyl (C=O) groups is 1. The van der Waals surface area contributed by atoms with Crippen LogP contribution in [0.1, 0.15) is 47.0 Å². The van der Waals surface area contributed by atoms with Crippen molar-refractivity contribution in [3.63, 3.8) is 0 Å². The first-order valence-corrected chi connectivity index (χ1v) is 6.15. The van der Waals surface area contributed by atoms with E-state index >= 15 is 0 Å². The van der Waals surface area contributed by atoms with Gasteiger partial charge in [0.2, 0.25) is 5.91 Å². The van der Waals surface area contributed by atoms with Crippen molar-refractivity contribution in [3.05, 3.63) is 0 Å². The maximum absolute atomic E-state index is 11.7. The number of nitrogens with zero attached hydrogens (tertiary/aromatic N) is 1. The van der Waals surface area contributed by atoms with E-state index in [0.717, 1.165) is 6.54 Å². The number of hydrazine groups is 1. The van der Waals surface area contributed by atoms with Crippen molar-refractivity contribution in [2.45, 2.75) is 59.0 Å². The lowest BCUT2D eigenvalue weighted by Crippen LogP contribution is -2.53. The Morgan fingerprint density at radius 1 is 1.38 bits per heavy atom. The molecule has 1 fully saturated rings.